The first-order valence-electron chi connectivity index (χ1n) is 5.02. The van der Waals surface area contributed by atoms with Gasteiger partial charge in [-0.1, -0.05) is 0 Å². The Labute approximate surface area is 87.4 Å². The molecule has 0 aliphatic carbocycles. The highest BCUT2D eigenvalue weighted by Gasteiger charge is 2.20. The number of hydrogen-bond acceptors (Lipinski definition) is 4. The van der Waals surface area contributed by atoms with Crippen molar-refractivity contribution in [2.45, 2.75) is 19.4 Å². The fourth-order valence-corrected chi connectivity index (χ4v) is 0.904. The molecule has 0 fully saturated rings. The Bertz CT molecular complexity index is 140. The van der Waals surface area contributed by atoms with Gasteiger partial charge in [-0.15, -0.1) is 0 Å². The van der Waals surface area contributed by atoms with Gasteiger partial charge in [-0.05, 0) is 20.9 Å². The van der Waals surface area contributed by atoms with E-state index in [2.05, 4.69) is 25.8 Å². The van der Waals surface area contributed by atoms with Crippen molar-refractivity contribution in [2.24, 2.45) is 5.73 Å². The molecule has 0 rings (SSSR count). The van der Waals surface area contributed by atoms with Crippen LogP contribution in [0.1, 0.15) is 13.8 Å². The summed E-state index contributed by atoms with van der Waals surface area (Å²) in [5, 5.41) is 0. The first kappa shape index (κ1) is 13.8. The van der Waals surface area contributed by atoms with E-state index in [0.29, 0.717) is 19.8 Å². The van der Waals surface area contributed by atoms with E-state index in [4.69, 9.17) is 15.2 Å². The average Bonchev–Trinajstić information content (AvgIpc) is 2.17. The van der Waals surface area contributed by atoms with Crippen LogP contribution in [0.5, 0.6) is 0 Å². The zero-order valence-corrected chi connectivity index (χ0v) is 9.88. The van der Waals surface area contributed by atoms with Crippen molar-refractivity contribution in [3.63, 3.8) is 0 Å². The molecule has 0 spiro atoms. The van der Waals surface area contributed by atoms with Gasteiger partial charge in [0.05, 0.1) is 19.8 Å². The van der Waals surface area contributed by atoms with Crippen LogP contribution in [0.25, 0.3) is 0 Å². The normalized spacial score (nSPS) is 12.4. The van der Waals surface area contributed by atoms with Gasteiger partial charge in [0.25, 0.3) is 0 Å². The molecule has 0 saturated heterocycles. The van der Waals surface area contributed by atoms with Gasteiger partial charge in [-0.2, -0.15) is 0 Å². The first-order chi connectivity index (χ1) is 6.54. The molecule has 0 aromatic carbocycles. The van der Waals surface area contributed by atoms with Crippen LogP contribution >= 0.6 is 0 Å². The Morgan fingerprint density at radius 3 is 2.36 bits per heavy atom. The third kappa shape index (κ3) is 5.54. The first-order valence-corrected chi connectivity index (χ1v) is 5.02. The van der Waals surface area contributed by atoms with Crippen molar-refractivity contribution in [3.05, 3.63) is 0 Å². The Balaban J connectivity index is 3.48. The molecule has 0 unspecified atom stereocenters. The van der Waals surface area contributed by atoms with Gasteiger partial charge in [0.15, 0.2) is 0 Å². The van der Waals surface area contributed by atoms with Gasteiger partial charge in [-0.25, -0.2) is 0 Å². The predicted octanol–water partition coefficient (Wildman–Crippen LogP) is 0.319. The van der Waals surface area contributed by atoms with Gasteiger partial charge < -0.3 is 15.2 Å². The zero-order valence-electron chi connectivity index (χ0n) is 9.88. The highest BCUT2D eigenvalue weighted by molar-refractivity contribution is 4.79. The second-order valence-electron chi connectivity index (χ2n) is 4.04. The summed E-state index contributed by atoms with van der Waals surface area (Å²) < 4.78 is 10.3. The molecule has 0 amide bonds. The minimum absolute atomic E-state index is 0.0462. The molecular weight excluding hydrogens is 180 g/mol. The van der Waals surface area contributed by atoms with Crippen LogP contribution in [-0.2, 0) is 9.47 Å². The third-order valence-electron chi connectivity index (χ3n) is 2.54. The van der Waals surface area contributed by atoms with Crippen molar-refractivity contribution < 1.29 is 9.47 Å². The monoisotopic (exact) mass is 204 g/mol. The highest BCUT2D eigenvalue weighted by atomic mass is 16.5. The number of ether oxygens (including phenoxy) is 2. The summed E-state index contributed by atoms with van der Waals surface area (Å²) in [6.07, 6.45) is 0. The minimum atomic E-state index is 0.0462. The fraction of sp³-hybridized carbons (Fsp3) is 1.00. The largest absolute Gasteiger partial charge is 0.382 e. The Kier molecular flexibility index (Phi) is 7.09. The summed E-state index contributed by atoms with van der Waals surface area (Å²) in [5.74, 6) is 0. The van der Waals surface area contributed by atoms with Crippen molar-refractivity contribution in [1.82, 2.24) is 4.90 Å². The van der Waals surface area contributed by atoms with E-state index in [1.54, 1.807) is 7.11 Å². The lowest BCUT2D eigenvalue weighted by molar-refractivity contribution is 0.0453. The van der Waals surface area contributed by atoms with Crippen molar-refractivity contribution >= 4 is 0 Å². The third-order valence-corrected chi connectivity index (χ3v) is 2.54. The number of rotatable bonds is 8. The molecule has 0 radical (unpaired) electrons. The molecular formula is C10H24N2O2. The molecule has 86 valence electrons. The van der Waals surface area contributed by atoms with E-state index in [1.807, 2.05) is 0 Å². The molecule has 0 aliphatic heterocycles. The lowest BCUT2D eigenvalue weighted by Gasteiger charge is -2.34. The number of methoxy groups -OCH3 is 1. The predicted molar refractivity (Wildman–Crippen MR) is 58.5 cm³/mol. The van der Waals surface area contributed by atoms with Crippen LogP contribution in [0.3, 0.4) is 0 Å². The van der Waals surface area contributed by atoms with Gasteiger partial charge in [0, 0.05) is 25.7 Å². The van der Waals surface area contributed by atoms with E-state index in [1.165, 1.54) is 0 Å². The summed E-state index contributed by atoms with van der Waals surface area (Å²) in [6.45, 7) is 7.85. The second kappa shape index (κ2) is 7.17. The van der Waals surface area contributed by atoms with E-state index < -0.39 is 0 Å². The number of nitrogens with zero attached hydrogens (tertiary/aromatic N) is 1. The van der Waals surface area contributed by atoms with Gasteiger partial charge in [0.2, 0.25) is 0 Å². The molecule has 14 heavy (non-hydrogen) atoms. The van der Waals surface area contributed by atoms with Crippen LogP contribution < -0.4 is 5.73 Å². The SMILES string of the molecule is COCCOCCN(C)C(C)(C)CN. The summed E-state index contributed by atoms with van der Waals surface area (Å²) in [6, 6.07) is 0. The maximum absolute atomic E-state index is 5.66. The lowest BCUT2D eigenvalue weighted by atomic mass is 10.0. The lowest BCUT2D eigenvalue weighted by Crippen LogP contribution is -2.48. The van der Waals surface area contributed by atoms with Crippen LogP contribution in [0.4, 0.5) is 0 Å². The highest BCUT2D eigenvalue weighted by Crippen LogP contribution is 2.08. The summed E-state index contributed by atoms with van der Waals surface area (Å²) >= 11 is 0. The van der Waals surface area contributed by atoms with Crippen molar-refractivity contribution in [1.29, 1.82) is 0 Å². The summed E-state index contributed by atoms with van der Waals surface area (Å²) in [5.41, 5.74) is 5.70. The summed E-state index contributed by atoms with van der Waals surface area (Å²) in [7, 11) is 3.74. The maximum Gasteiger partial charge on any atom is 0.0700 e. The molecule has 0 heterocycles. The van der Waals surface area contributed by atoms with Crippen molar-refractivity contribution in [2.75, 3.05) is 47.1 Å². The quantitative estimate of drug-likeness (QED) is 0.578. The van der Waals surface area contributed by atoms with Crippen molar-refractivity contribution in [3.8, 4) is 0 Å². The molecule has 2 N–H and O–H groups in total. The smallest absolute Gasteiger partial charge is 0.0700 e. The number of nitrogens with two attached hydrogens (primary N) is 1. The van der Waals surface area contributed by atoms with Crippen LogP contribution in [0.2, 0.25) is 0 Å². The number of likely N-dealkylation sites (N-methyl/N-ethyl adjacent to an activating group) is 1. The zero-order chi connectivity index (χ0) is 11.0. The maximum atomic E-state index is 5.66. The molecule has 0 saturated carbocycles. The van der Waals surface area contributed by atoms with Gasteiger partial charge in [-0.3, -0.25) is 4.90 Å². The Morgan fingerprint density at radius 2 is 1.86 bits per heavy atom. The summed E-state index contributed by atoms with van der Waals surface area (Å²) in [4.78, 5) is 2.21. The molecule has 0 aliphatic rings. The van der Waals surface area contributed by atoms with Crippen LogP contribution in [0.15, 0.2) is 0 Å². The Hall–Kier alpha value is -0.160. The van der Waals surface area contributed by atoms with Crippen LogP contribution in [-0.4, -0.2) is 57.5 Å². The van der Waals surface area contributed by atoms with E-state index in [-0.39, 0.29) is 5.54 Å². The fourth-order valence-electron chi connectivity index (χ4n) is 0.904. The molecule has 0 aromatic heterocycles. The van der Waals surface area contributed by atoms with E-state index in [9.17, 15) is 0 Å². The minimum Gasteiger partial charge on any atom is -0.382 e. The average molecular weight is 204 g/mol. The molecule has 0 aromatic rings. The van der Waals surface area contributed by atoms with E-state index in [0.717, 1.165) is 13.2 Å². The van der Waals surface area contributed by atoms with E-state index >= 15 is 0 Å². The number of hydrogen-bond donors (Lipinski definition) is 1. The Morgan fingerprint density at radius 1 is 1.21 bits per heavy atom. The molecule has 4 nitrogen and oxygen atoms in total. The molecule has 0 bridgehead atoms. The topological polar surface area (TPSA) is 47.7 Å². The standard InChI is InChI=1S/C10H24N2O2/c1-10(2,9-11)12(3)5-6-14-8-7-13-4/h5-9,11H2,1-4H3. The van der Waals surface area contributed by atoms with Gasteiger partial charge >= 0.3 is 0 Å². The second-order valence-corrected chi connectivity index (χ2v) is 4.04. The van der Waals surface area contributed by atoms with Crippen LogP contribution in [0, 0.1) is 0 Å². The molecule has 0 atom stereocenters. The molecule has 4 heteroatoms. The van der Waals surface area contributed by atoms with Gasteiger partial charge in [0.1, 0.15) is 0 Å².